The zero-order valence-electron chi connectivity index (χ0n) is 26.1. The van der Waals surface area contributed by atoms with Gasteiger partial charge < -0.3 is 9.80 Å². The van der Waals surface area contributed by atoms with E-state index in [0.717, 1.165) is 12.8 Å². The third kappa shape index (κ3) is 6.88. The summed E-state index contributed by atoms with van der Waals surface area (Å²) in [5.74, 6) is 0.774. The molecule has 2 amide bonds. The summed E-state index contributed by atoms with van der Waals surface area (Å²) in [4.78, 5) is 30.1. The first-order valence-electron chi connectivity index (χ1n) is 15.5. The maximum atomic E-state index is 13.2. The summed E-state index contributed by atoms with van der Waals surface area (Å²) in [6, 6.07) is 12.2. The molecule has 3 saturated heterocycles. The van der Waals surface area contributed by atoms with Crippen molar-refractivity contribution < 1.29 is 26.4 Å². The van der Waals surface area contributed by atoms with Crippen LogP contribution in [-0.4, -0.2) is 99.4 Å². The second-order valence-corrected chi connectivity index (χ2v) is 17.0. The molecule has 3 fully saturated rings. The van der Waals surface area contributed by atoms with Crippen molar-refractivity contribution in [3.8, 4) is 0 Å². The fourth-order valence-electron chi connectivity index (χ4n) is 6.92. The van der Waals surface area contributed by atoms with E-state index in [9.17, 15) is 26.4 Å². The number of hydrogen-bond donors (Lipinski definition) is 0. The van der Waals surface area contributed by atoms with Gasteiger partial charge in [-0.2, -0.15) is 8.61 Å². The molecule has 0 bridgehead atoms. The van der Waals surface area contributed by atoms with Crippen LogP contribution in [0.25, 0.3) is 0 Å². The number of carbonyl (C=O) groups is 2. The molecule has 3 aliphatic rings. The van der Waals surface area contributed by atoms with Crippen LogP contribution in [0.1, 0.15) is 61.3 Å². The Morgan fingerprint density at radius 2 is 0.795 bits per heavy atom. The highest BCUT2D eigenvalue weighted by atomic mass is 32.2. The van der Waals surface area contributed by atoms with Gasteiger partial charge in [-0.3, -0.25) is 9.59 Å². The van der Waals surface area contributed by atoms with Crippen molar-refractivity contribution in [2.75, 3.05) is 52.4 Å². The second-order valence-electron chi connectivity index (χ2n) is 13.2. The predicted molar refractivity (Wildman–Crippen MR) is 168 cm³/mol. The number of sulfonamides is 2. The molecule has 5 rings (SSSR count). The molecule has 0 aromatic heterocycles. The van der Waals surface area contributed by atoms with Crippen LogP contribution in [0.15, 0.2) is 58.3 Å². The van der Waals surface area contributed by atoms with Crippen molar-refractivity contribution in [1.29, 1.82) is 0 Å². The first kappa shape index (κ1) is 32.6. The molecule has 0 unspecified atom stereocenters. The molecule has 0 radical (unpaired) electrons. The second kappa shape index (κ2) is 12.9. The molecule has 2 aromatic carbocycles. The van der Waals surface area contributed by atoms with E-state index in [4.69, 9.17) is 0 Å². The summed E-state index contributed by atoms with van der Waals surface area (Å²) >= 11 is 0. The lowest BCUT2D eigenvalue weighted by Gasteiger charge is -2.35. The van der Waals surface area contributed by atoms with Gasteiger partial charge in [-0.05, 0) is 85.0 Å². The predicted octanol–water partition coefficient (Wildman–Crippen LogP) is 3.62. The molecule has 0 N–H and O–H groups in total. The van der Waals surface area contributed by atoms with E-state index < -0.39 is 20.0 Å². The standard InChI is InChI=1S/C32H44N4O6S2/c1-23-17-24(2)20-35(19-23)43(39,40)29-9-5-27(6-10-29)31(37)33-13-15-34(16-14-33)32(38)28-7-11-30(12-8-28)44(41,42)36-21-25(3)18-26(4)22-36/h5-12,23-26H,13-22H2,1-4H3/t23-,24-,25-,26-/m1/s1. The van der Waals surface area contributed by atoms with Gasteiger partial charge in [0.1, 0.15) is 0 Å². The van der Waals surface area contributed by atoms with Crippen LogP contribution in [0, 0.1) is 23.7 Å². The van der Waals surface area contributed by atoms with Gasteiger partial charge in [0, 0.05) is 63.5 Å². The molecule has 0 saturated carbocycles. The van der Waals surface area contributed by atoms with E-state index >= 15 is 0 Å². The lowest BCUT2D eigenvalue weighted by molar-refractivity contribution is 0.0535. The topological polar surface area (TPSA) is 115 Å². The normalized spacial score (nSPS) is 26.0. The Hall–Kier alpha value is -2.80. The zero-order chi connectivity index (χ0) is 31.8. The fourth-order valence-corrected chi connectivity index (χ4v) is 10.3. The summed E-state index contributed by atoms with van der Waals surface area (Å²) in [5, 5.41) is 0. The molecule has 4 atom stereocenters. The molecule has 0 aliphatic carbocycles. The van der Waals surface area contributed by atoms with E-state index in [1.807, 2.05) is 0 Å². The van der Waals surface area contributed by atoms with Crippen LogP contribution < -0.4 is 0 Å². The Morgan fingerprint density at radius 1 is 0.523 bits per heavy atom. The van der Waals surface area contributed by atoms with Crippen LogP contribution in [-0.2, 0) is 20.0 Å². The highest BCUT2D eigenvalue weighted by Gasteiger charge is 2.33. The SMILES string of the molecule is C[C@@H]1C[C@@H](C)CN(S(=O)(=O)c2ccc(C(=O)N3CCN(C(=O)c4ccc(S(=O)(=O)N5C[C@H](C)C[C@@H](C)C5)cc4)CC3)cc2)C1. The smallest absolute Gasteiger partial charge is 0.253 e. The number of benzene rings is 2. The van der Waals surface area contributed by atoms with Gasteiger partial charge in [0.05, 0.1) is 9.79 Å². The summed E-state index contributed by atoms with van der Waals surface area (Å²) in [6.07, 6.45) is 2.01. The molecule has 3 aliphatic heterocycles. The minimum atomic E-state index is -3.63. The largest absolute Gasteiger partial charge is 0.335 e. The average molecular weight is 645 g/mol. The van der Waals surface area contributed by atoms with Gasteiger partial charge in [-0.1, -0.05) is 27.7 Å². The van der Waals surface area contributed by atoms with Crippen LogP contribution in [0.2, 0.25) is 0 Å². The van der Waals surface area contributed by atoms with Gasteiger partial charge in [-0.15, -0.1) is 0 Å². The lowest BCUT2D eigenvalue weighted by Crippen LogP contribution is -2.50. The van der Waals surface area contributed by atoms with Crippen molar-refractivity contribution in [2.45, 2.75) is 50.3 Å². The van der Waals surface area contributed by atoms with Gasteiger partial charge in [0.2, 0.25) is 20.0 Å². The Kier molecular flexibility index (Phi) is 9.55. The van der Waals surface area contributed by atoms with Crippen molar-refractivity contribution in [3.05, 3.63) is 59.7 Å². The summed E-state index contributed by atoms with van der Waals surface area (Å²) in [5.41, 5.74) is 0.803. The van der Waals surface area contributed by atoms with E-state index in [1.54, 1.807) is 42.7 Å². The Labute approximate surface area is 262 Å². The number of carbonyl (C=O) groups excluding carboxylic acids is 2. The summed E-state index contributed by atoms with van der Waals surface area (Å²) in [7, 11) is -7.26. The van der Waals surface area contributed by atoms with Gasteiger partial charge in [0.15, 0.2) is 0 Å². The highest BCUT2D eigenvalue weighted by Crippen LogP contribution is 2.28. The number of rotatable bonds is 6. The van der Waals surface area contributed by atoms with Gasteiger partial charge in [0.25, 0.3) is 11.8 Å². The minimum Gasteiger partial charge on any atom is -0.335 e. The highest BCUT2D eigenvalue weighted by molar-refractivity contribution is 7.89. The minimum absolute atomic E-state index is 0.185. The molecule has 10 nitrogen and oxygen atoms in total. The van der Waals surface area contributed by atoms with E-state index in [1.165, 1.54) is 24.3 Å². The Morgan fingerprint density at radius 3 is 1.07 bits per heavy atom. The molecular weight excluding hydrogens is 601 g/mol. The monoisotopic (exact) mass is 644 g/mol. The summed E-state index contributed by atoms with van der Waals surface area (Å²) in [6.45, 7) is 11.6. The number of piperidine rings is 2. The molecule has 0 spiro atoms. The Bertz CT molecular complexity index is 1430. The van der Waals surface area contributed by atoms with Crippen molar-refractivity contribution in [1.82, 2.24) is 18.4 Å². The van der Waals surface area contributed by atoms with Crippen molar-refractivity contribution >= 4 is 31.9 Å². The quantitative estimate of drug-likeness (QED) is 0.475. The average Bonchev–Trinajstić information content (AvgIpc) is 2.99. The zero-order valence-corrected chi connectivity index (χ0v) is 27.7. The molecule has 12 heteroatoms. The third-order valence-electron chi connectivity index (χ3n) is 9.00. The molecule has 3 heterocycles. The number of piperazine rings is 1. The van der Waals surface area contributed by atoms with Crippen molar-refractivity contribution in [3.63, 3.8) is 0 Å². The van der Waals surface area contributed by atoms with Crippen LogP contribution >= 0.6 is 0 Å². The molecule has 240 valence electrons. The molecule has 2 aromatic rings. The number of hydrogen-bond acceptors (Lipinski definition) is 6. The lowest BCUT2D eigenvalue weighted by atomic mass is 9.94. The number of nitrogens with zero attached hydrogens (tertiary/aromatic N) is 4. The first-order valence-corrected chi connectivity index (χ1v) is 18.4. The molecule has 44 heavy (non-hydrogen) atoms. The number of amides is 2. The van der Waals surface area contributed by atoms with Gasteiger partial charge >= 0.3 is 0 Å². The van der Waals surface area contributed by atoms with Crippen LogP contribution in [0.5, 0.6) is 0 Å². The maximum absolute atomic E-state index is 13.2. The van der Waals surface area contributed by atoms with E-state index in [-0.39, 0.29) is 21.6 Å². The fraction of sp³-hybridized carbons (Fsp3) is 0.562. The van der Waals surface area contributed by atoms with E-state index in [0.29, 0.717) is 87.2 Å². The molecular formula is C32H44N4O6S2. The first-order chi connectivity index (χ1) is 20.8. The van der Waals surface area contributed by atoms with Crippen LogP contribution in [0.3, 0.4) is 0 Å². The third-order valence-corrected chi connectivity index (χ3v) is 12.7. The Balaban J connectivity index is 1.17. The summed E-state index contributed by atoms with van der Waals surface area (Å²) < 4.78 is 55.9. The maximum Gasteiger partial charge on any atom is 0.253 e. The van der Waals surface area contributed by atoms with Crippen LogP contribution in [0.4, 0.5) is 0 Å². The van der Waals surface area contributed by atoms with E-state index in [2.05, 4.69) is 27.7 Å². The van der Waals surface area contributed by atoms with Crippen molar-refractivity contribution in [2.24, 2.45) is 23.7 Å². The van der Waals surface area contributed by atoms with Gasteiger partial charge in [-0.25, -0.2) is 16.8 Å².